The molecule has 0 aromatic heterocycles. The van der Waals surface area contributed by atoms with Gasteiger partial charge in [-0.05, 0) is 30.5 Å². The average Bonchev–Trinajstić information content (AvgIpc) is 2.50. The molecular weight excluding hydrogens is 292 g/mol. The van der Waals surface area contributed by atoms with Crippen molar-refractivity contribution in [3.8, 4) is 0 Å². The number of aliphatic hydroxyl groups is 1. The molecule has 118 valence electrons. The van der Waals surface area contributed by atoms with Crippen LogP contribution in [0.3, 0.4) is 0 Å². The maximum absolute atomic E-state index is 12.6. The number of methoxy groups -OCH3 is 1. The molecule has 21 heavy (non-hydrogen) atoms. The molecule has 0 spiro atoms. The first-order valence-electron chi connectivity index (χ1n) is 7.06. The summed E-state index contributed by atoms with van der Waals surface area (Å²) in [5.74, 6) is 0. The van der Waals surface area contributed by atoms with Gasteiger partial charge < -0.3 is 15.2 Å². The van der Waals surface area contributed by atoms with Crippen LogP contribution in [-0.4, -0.2) is 57.8 Å². The third-order valence-corrected chi connectivity index (χ3v) is 5.45. The average molecular weight is 314 g/mol. The van der Waals surface area contributed by atoms with Crippen molar-refractivity contribution in [1.29, 1.82) is 0 Å². The van der Waals surface area contributed by atoms with E-state index >= 15 is 0 Å². The van der Waals surface area contributed by atoms with E-state index in [4.69, 9.17) is 9.84 Å². The minimum absolute atomic E-state index is 0.0657. The van der Waals surface area contributed by atoms with Crippen LogP contribution in [0.4, 0.5) is 5.69 Å². The van der Waals surface area contributed by atoms with Crippen molar-refractivity contribution in [2.24, 2.45) is 0 Å². The summed E-state index contributed by atoms with van der Waals surface area (Å²) in [6.07, 6.45) is 2.02. The summed E-state index contributed by atoms with van der Waals surface area (Å²) in [4.78, 5) is 0.250. The molecule has 0 amide bonds. The van der Waals surface area contributed by atoms with Crippen LogP contribution in [0.25, 0.3) is 0 Å². The summed E-state index contributed by atoms with van der Waals surface area (Å²) >= 11 is 0. The first-order valence-corrected chi connectivity index (χ1v) is 8.50. The van der Waals surface area contributed by atoms with E-state index in [1.165, 1.54) is 11.4 Å². The van der Waals surface area contributed by atoms with E-state index in [2.05, 4.69) is 5.32 Å². The molecule has 0 saturated heterocycles. The Hall–Kier alpha value is -1.15. The smallest absolute Gasteiger partial charge is 0.243 e. The maximum atomic E-state index is 12.6. The second kappa shape index (κ2) is 7.22. The fraction of sp³-hybridized carbons (Fsp3) is 0.571. The van der Waals surface area contributed by atoms with Crippen LogP contribution in [0.5, 0.6) is 0 Å². The molecule has 0 bridgehead atoms. The van der Waals surface area contributed by atoms with Crippen molar-refractivity contribution in [3.63, 3.8) is 0 Å². The number of hydrogen-bond acceptors (Lipinski definition) is 5. The van der Waals surface area contributed by atoms with Crippen molar-refractivity contribution in [3.05, 3.63) is 23.8 Å². The normalized spacial score (nSPS) is 14.8. The summed E-state index contributed by atoms with van der Waals surface area (Å²) < 4.78 is 31.5. The zero-order valence-electron chi connectivity index (χ0n) is 12.2. The number of sulfonamides is 1. The molecule has 2 N–H and O–H groups in total. The number of fused-ring (bicyclic) bond motifs is 1. The lowest BCUT2D eigenvalue weighted by atomic mass is 10.0. The first-order chi connectivity index (χ1) is 10.1. The lowest BCUT2D eigenvalue weighted by Gasteiger charge is -2.23. The largest absolute Gasteiger partial charge is 0.395 e. The molecule has 0 aliphatic carbocycles. The quantitative estimate of drug-likeness (QED) is 0.773. The highest BCUT2D eigenvalue weighted by Gasteiger charge is 2.25. The van der Waals surface area contributed by atoms with Crippen molar-refractivity contribution >= 4 is 15.7 Å². The molecule has 7 heteroatoms. The number of nitrogens with one attached hydrogen (secondary N) is 1. The third kappa shape index (κ3) is 3.74. The predicted molar refractivity (Wildman–Crippen MR) is 81.0 cm³/mol. The SMILES string of the molecule is COCCN(CCO)S(=O)(=O)c1ccc2c(c1)NCCC2. The summed E-state index contributed by atoms with van der Waals surface area (Å²) in [7, 11) is -2.10. The van der Waals surface area contributed by atoms with E-state index in [1.54, 1.807) is 12.1 Å². The van der Waals surface area contributed by atoms with Gasteiger partial charge in [0.15, 0.2) is 0 Å². The van der Waals surface area contributed by atoms with Gasteiger partial charge in [0, 0.05) is 32.4 Å². The van der Waals surface area contributed by atoms with Crippen molar-refractivity contribution in [2.75, 3.05) is 45.3 Å². The maximum Gasteiger partial charge on any atom is 0.243 e. The highest BCUT2D eigenvalue weighted by Crippen LogP contribution is 2.26. The van der Waals surface area contributed by atoms with Gasteiger partial charge in [-0.3, -0.25) is 0 Å². The minimum atomic E-state index is -3.62. The van der Waals surface area contributed by atoms with Gasteiger partial charge in [-0.1, -0.05) is 6.07 Å². The van der Waals surface area contributed by atoms with Crippen LogP contribution in [0.1, 0.15) is 12.0 Å². The summed E-state index contributed by atoms with van der Waals surface area (Å²) in [5.41, 5.74) is 2.03. The Morgan fingerprint density at radius 1 is 1.38 bits per heavy atom. The van der Waals surface area contributed by atoms with Gasteiger partial charge in [0.1, 0.15) is 0 Å². The first kappa shape index (κ1) is 16.2. The Labute approximate surface area is 125 Å². The topological polar surface area (TPSA) is 78.9 Å². The lowest BCUT2D eigenvalue weighted by molar-refractivity contribution is 0.168. The number of nitrogens with zero attached hydrogens (tertiary/aromatic N) is 1. The number of ether oxygens (including phenoxy) is 1. The monoisotopic (exact) mass is 314 g/mol. The Kier molecular flexibility index (Phi) is 5.58. The summed E-state index contributed by atoms with van der Waals surface area (Å²) in [6.45, 7) is 1.23. The van der Waals surface area contributed by atoms with Crippen molar-refractivity contribution < 1.29 is 18.3 Å². The molecule has 0 unspecified atom stereocenters. The van der Waals surface area contributed by atoms with Crippen LogP contribution in [0.2, 0.25) is 0 Å². The Bertz CT molecular complexity index is 574. The van der Waals surface area contributed by atoms with Crippen LogP contribution in [0, 0.1) is 0 Å². The molecule has 1 aromatic rings. The summed E-state index contributed by atoms with van der Waals surface area (Å²) in [5, 5.41) is 12.3. The lowest BCUT2D eigenvalue weighted by Crippen LogP contribution is -2.36. The van der Waals surface area contributed by atoms with E-state index < -0.39 is 10.0 Å². The molecule has 1 heterocycles. The van der Waals surface area contributed by atoms with E-state index in [1.807, 2.05) is 6.07 Å². The van der Waals surface area contributed by atoms with E-state index in [-0.39, 0.29) is 24.6 Å². The van der Waals surface area contributed by atoms with Gasteiger partial charge >= 0.3 is 0 Å². The van der Waals surface area contributed by atoms with Crippen molar-refractivity contribution in [1.82, 2.24) is 4.31 Å². The van der Waals surface area contributed by atoms with Crippen LogP contribution in [-0.2, 0) is 21.2 Å². The molecule has 1 aromatic carbocycles. The summed E-state index contributed by atoms with van der Waals surface area (Å²) in [6, 6.07) is 5.18. The van der Waals surface area contributed by atoms with Crippen LogP contribution >= 0.6 is 0 Å². The van der Waals surface area contributed by atoms with Gasteiger partial charge in [-0.2, -0.15) is 4.31 Å². The van der Waals surface area contributed by atoms with Crippen molar-refractivity contribution in [2.45, 2.75) is 17.7 Å². The van der Waals surface area contributed by atoms with E-state index in [0.717, 1.165) is 30.6 Å². The predicted octanol–water partition coefficient (Wildman–Crippen LogP) is 0.674. The van der Waals surface area contributed by atoms with Gasteiger partial charge in [0.05, 0.1) is 18.1 Å². The molecule has 0 saturated carbocycles. The van der Waals surface area contributed by atoms with Crippen LogP contribution < -0.4 is 5.32 Å². The zero-order valence-corrected chi connectivity index (χ0v) is 13.0. The van der Waals surface area contributed by atoms with Gasteiger partial charge in [-0.15, -0.1) is 0 Å². The molecule has 0 radical (unpaired) electrons. The molecule has 1 aliphatic heterocycles. The minimum Gasteiger partial charge on any atom is -0.395 e. The molecule has 6 nitrogen and oxygen atoms in total. The molecule has 0 atom stereocenters. The standard InChI is InChI=1S/C14H22N2O4S/c1-20-10-8-16(7-9-17)21(18,19)13-5-4-12-3-2-6-15-14(12)11-13/h4-5,11,15,17H,2-3,6-10H2,1H3. The Morgan fingerprint density at radius 2 is 2.19 bits per heavy atom. The number of anilines is 1. The molecule has 1 aliphatic rings. The van der Waals surface area contributed by atoms with Gasteiger partial charge in [-0.25, -0.2) is 8.42 Å². The van der Waals surface area contributed by atoms with E-state index in [9.17, 15) is 8.42 Å². The van der Waals surface area contributed by atoms with E-state index in [0.29, 0.717) is 6.61 Å². The zero-order chi connectivity index (χ0) is 15.3. The fourth-order valence-corrected chi connectivity index (χ4v) is 3.85. The fourth-order valence-electron chi connectivity index (χ4n) is 2.41. The number of aliphatic hydroxyl groups excluding tert-OH is 1. The highest BCUT2D eigenvalue weighted by atomic mass is 32.2. The third-order valence-electron chi connectivity index (χ3n) is 3.55. The molecule has 2 rings (SSSR count). The Balaban J connectivity index is 2.28. The second-order valence-electron chi connectivity index (χ2n) is 4.97. The van der Waals surface area contributed by atoms with Gasteiger partial charge in [0.25, 0.3) is 0 Å². The highest BCUT2D eigenvalue weighted by molar-refractivity contribution is 7.89. The second-order valence-corrected chi connectivity index (χ2v) is 6.91. The number of aryl methyl sites for hydroxylation is 1. The van der Waals surface area contributed by atoms with Gasteiger partial charge in [0.2, 0.25) is 10.0 Å². The number of hydrogen-bond donors (Lipinski definition) is 2. The molecular formula is C14H22N2O4S. The Morgan fingerprint density at radius 3 is 2.90 bits per heavy atom. The number of rotatable bonds is 7. The number of benzene rings is 1. The van der Waals surface area contributed by atoms with Crippen LogP contribution in [0.15, 0.2) is 23.1 Å². The molecule has 0 fully saturated rings.